The molecule has 1 aromatic carbocycles. The number of aromatic nitrogens is 1. The van der Waals surface area contributed by atoms with E-state index in [0.717, 1.165) is 59.9 Å². The van der Waals surface area contributed by atoms with Gasteiger partial charge in [-0.3, -0.25) is 0 Å². The number of guanidine groups is 1. The van der Waals surface area contributed by atoms with Gasteiger partial charge in [-0.1, -0.05) is 19.9 Å². The monoisotopic (exact) mass is 447 g/mol. The van der Waals surface area contributed by atoms with Crippen LogP contribution in [0.3, 0.4) is 0 Å². The molecule has 0 spiro atoms. The normalized spacial score (nSPS) is 11.6. The highest BCUT2D eigenvalue weighted by Crippen LogP contribution is 2.28. The van der Waals surface area contributed by atoms with E-state index >= 15 is 0 Å². The predicted octanol–water partition coefficient (Wildman–Crippen LogP) is 3.74. The van der Waals surface area contributed by atoms with Crippen molar-refractivity contribution in [2.24, 2.45) is 4.99 Å². The van der Waals surface area contributed by atoms with E-state index in [2.05, 4.69) is 41.3 Å². The summed E-state index contributed by atoms with van der Waals surface area (Å²) in [5, 5.41) is 7.79. The third-order valence-corrected chi connectivity index (χ3v) is 6.04. The molecule has 31 heavy (non-hydrogen) atoms. The maximum atomic E-state index is 5.95. The van der Waals surface area contributed by atoms with Gasteiger partial charge in [-0.2, -0.15) is 0 Å². The number of hydrogen-bond donors (Lipinski definition) is 2. The highest BCUT2D eigenvalue weighted by atomic mass is 32.1. The van der Waals surface area contributed by atoms with Gasteiger partial charge in [-0.05, 0) is 51.6 Å². The predicted molar refractivity (Wildman–Crippen MR) is 130 cm³/mol. The fraction of sp³-hybridized carbons (Fsp3) is 0.565. The van der Waals surface area contributed by atoms with E-state index in [4.69, 9.17) is 14.5 Å². The fourth-order valence-corrected chi connectivity index (χ4v) is 4.04. The second-order valence-corrected chi connectivity index (χ2v) is 8.44. The van der Waals surface area contributed by atoms with Crippen molar-refractivity contribution in [3.8, 4) is 11.5 Å². The molecule has 2 N–H and O–H groups in total. The molecule has 0 bridgehead atoms. The van der Waals surface area contributed by atoms with Crippen LogP contribution in [-0.2, 0) is 13.1 Å². The quantitative estimate of drug-likeness (QED) is 0.381. The second kappa shape index (κ2) is 13.2. The SMILES string of the molecule is CCNC(=NCc1ccc(OCCN(CC)CC)c(OC)c1)NCc1sc(C)nc1C. The molecule has 0 saturated carbocycles. The summed E-state index contributed by atoms with van der Waals surface area (Å²) in [5.41, 5.74) is 2.14. The first-order valence-corrected chi connectivity index (χ1v) is 11.8. The highest BCUT2D eigenvalue weighted by molar-refractivity contribution is 7.11. The minimum atomic E-state index is 0.548. The van der Waals surface area contributed by atoms with Crippen molar-refractivity contribution < 1.29 is 9.47 Å². The lowest BCUT2D eigenvalue weighted by molar-refractivity contribution is 0.217. The lowest BCUT2D eigenvalue weighted by atomic mass is 10.2. The van der Waals surface area contributed by atoms with Crippen molar-refractivity contribution in [3.63, 3.8) is 0 Å². The van der Waals surface area contributed by atoms with Crippen molar-refractivity contribution in [3.05, 3.63) is 39.3 Å². The number of rotatable bonds is 12. The summed E-state index contributed by atoms with van der Waals surface area (Å²) in [6.45, 7) is 16.1. The molecule has 2 rings (SSSR count). The summed E-state index contributed by atoms with van der Waals surface area (Å²) in [6, 6.07) is 6.01. The number of thiazole rings is 1. The molecule has 0 aliphatic heterocycles. The average molecular weight is 448 g/mol. The van der Waals surface area contributed by atoms with Gasteiger partial charge in [0.15, 0.2) is 17.5 Å². The van der Waals surface area contributed by atoms with Crippen molar-refractivity contribution in [2.45, 2.75) is 47.7 Å². The Morgan fingerprint density at radius 1 is 1.13 bits per heavy atom. The first-order chi connectivity index (χ1) is 15.0. The molecule has 0 amide bonds. The summed E-state index contributed by atoms with van der Waals surface area (Å²) >= 11 is 1.72. The molecule has 1 aromatic heterocycles. The van der Waals surface area contributed by atoms with Gasteiger partial charge in [-0.25, -0.2) is 9.98 Å². The largest absolute Gasteiger partial charge is 0.493 e. The van der Waals surface area contributed by atoms with E-state index in [1.54, 1.807) is 18.4 Å². The Balaban J connectivity index is 1.98. The van der Waals surface area contributed by atoms with E-state index in [9.17, 15) is 0 Å². The standard InChI is InChI=1S/C23H37N5O2S/c1-7-24-23(26-16-22-17(4)27-18(5)31-22)25-15-19-10-11-20(21(14-19)29-6)30-13-12-28(8-2)9-3/h10-11,14H,7-9,12-13,15-16H2,1-6H3,(H2,24,25,26). The Labute approximate surface area is 190 Å². The number of likely N-dealkylation sites (N-methyl/N-ethyl adjacent to an activating group) is 1. The Bertz CT molecular complexity index is 833. The average Bonchev–Trinajstić information content (AvgIpc) is 3.10. The van der Waals surface area contributed by atoms with Crippen molar-refractivity contribution >= 4 is 17.3 Å². The number of aryl methyl sites for hydroxylation is 2. The van der Waals surface area contributed by atoms with E-state index in [1.165, 1.54) is 4.88 Å². The molecule has 8 heteroatoms. The minimum absolute atomic E-state index is 0.548. The van der Waals surface area contributed by atoms with Gasteiger partial charge < -0.3 is 25.0 Å². The summed E-state index contributed by atoms with van der Waals surface area (Å²) in [4.78, 5) is 12.8. The van der Waals surface area contributed by atoms with E-state index < -0.39 is 0 Å². The number of nitrogens with one attached hydrogen (secondary N) is 2. The minimum Gasteiger partial charge on any atom is -0.493 e. The lowest BCUT2D eigenvalue weighted by Gasteiger charge is -2.19. The molecule has 0 unspecified atom stereocenters. The van der Waals surface area contributed by atoms with Crippen LogP contribution in [-0.4, -0.2) is 55.7 Å². The molecule has 2 aromatic rings. The van der Waals surface area contributed by atoms with Gasteiger partial charge in [0.1, 0.15) is 6.61 Å². The Morgan fingerprint density at radius 3 is 2.52 bits per heavy atom. The van der Waals surface area contributed by atoms with Crippen LogP contribution in [0.4, 0.5) is 0 Å². The molecule has 0 saturated heterocycles. The zero-order valence-corrected chi connectivity index (χ0v) is 20.6. The number of aliphatic imine (C=N–C) groups is 1. The Kier molecular flexibility index (Phi) is 10.6. The molecule has 0 atom stereocenters. The molecule has 7 nitrogen and oxygen atoms in total. The third kappa shape index (κ3) is 8.03. The molecular formula is C23H37N5O2S. The van der Waals surface area contributed by atoms with Crippen LogP contribution in [0, 0.1) is 13.8 Å². The van der Waals surface area contributed by atoms with Crippen LogP contribution in [0.2, 0.25) is 0 Å². The number of hydrogen-bond acceptors (Lipinski definition) is 6. The van der Waals surface area contributed by atoms with Gasteiger partial charge in [0.05, 0.1) is 30.9 Å². The lowest BCUT2D eigenvalue weighted by Crippen LogP contribution is -2.36. The maximum Gasteiger partial charge on any atom is 0.191 e. The van der Waals surface area contributed by atoms with E-state index in [1.807, 2.05) is 32.0 Å². The number of benzene rings is 1. The smallest absolute Gasteiger partial charge is 0.191 e. The molecule has 0 aliphatic carbocycles. The zero-order chi connectivity index (χ0) is 22.6. The summed E-state index contributed by atoms with van der Waals surface area (Å²) in [7, 11) is 1.67. The van der Waals surface area contributed by atoms with E-state index in [0.29, 0.717) is 19.7 Å². The molecule has 0 fully saturated rings. The van der Waals surface area contributed by atoms with Crippen LogP contribution < -0.4 is 20.1 Å². The van der Waals surface area contributed by atoms with Crippen LogP contribution in [0.5, 0.6) is 11.5 Å². The number of nitrogens with zero attached hydrogens (tertiary/aromatic N) is 3. The van der Waals surface area contributed by atoms with Gasteiger partial charge in [0.2, 0.25) is 0 Å². The molecule has 0 aliphatic rings. The van der Waals surface area contributed by atoms with Crippen LogP contribution in [0.1, 0.15) is 41.9 Å². The Hall–Kier alpha value is -2.32. The van der Waals surface area contributed by atoms with E-state index in [-0.39, 0.29) is 0 Å². The van der Waals surface area contributed by atoms with Gasteiger partial charge in [-0.15, -0.1) is 11.3 Å². The summed E-state index contributed by atoms with van der Waals surface area (Å²) < 4.78 is 11.5. The maximum absolute atomic E-state index is 5.95. The van der Waals surface area contributed by atoms with Gasteiger partial charge in [0, 0.05) is 18.0 Å². The second-order valence-electron chi connectivity index (χ2n) is 7.15. The van der Waals surface area contributed by atoms with Gasteiger partial charge >= 0.3 is 0 Å². The van der Waals surface area contributed by atoms with Crippen LogP contribution in [0.25, 0.3) is 0 Å². The zero-order valence-electron chi connectivity index (χ0n) is 19.7. The molecule has 1 heterocycles. The molecule has 0 radical (unpaired) electrons. The van der Waals surface area contributed by atoms with Crippen molar-refractivity contribution in [2.75, 3.05) is 39.9 Å². The molecular weight excluding hydrogens is 410 g/mol. The van der Waals surface area contributed by atoms with Crippen molar-refractivity contribution in [1.82, 2.24) is 20.5 Å². The van der Waals surface area contributed by atoms with Gasteiger partial charge in [0.25, 0.3) is 0 Å². The topological polar surface area (TPSA) is 71.0 Å². The highest BCUT2D eigenvalue weighted by Gasteiger charge is 2.09. The first-order valence-electron chi connectivity index (χ1n) is 11.0. The van der Waals surface area contributed by atoms with Crippen LogP contribution in [0.15, 0.2) is 23.2 Å². The number of ether oxygens (including phenoxy) is 2. The summed E-state index contributed by atoms with van der Waals surface area (Å²) in [6.07, 6.45) is 0. The molecule has 172 valence electrons. The Morgan fingerprint density at radius 2 is 1.90 bits per heavy atom. The van der Waals surface area contributed by atoms with Crippen molar-refractivity contribution in [1.29, 1.82) is 0 Å². The number of methoxy groups -OCH3 is 1. The first kappa shape index (κ1) is 24.9. The third-order valence-electron chi connectivity index (χ3n) is 4.97. The van der Waals surface area contributed by atoms with Crippen LogP contribution >= 0.6 is 11.3 Å². The summed E-state index contributed by atoms with van der Waals surface area (Å²) in [5.74, 6) is 2.29. The fourth-order valence-electron chi connectivity index (χ4n) is 3.17.